The second-order valence-corrected chi connectivity index (χ2v) is 7.55. The van der Waals surface area contributed by atoms with Crippen LogP contribution in [0.4, 0.5) is 0 Å². The molecule has 0 saturated heterocycles. The molecule has 0 fully saturated rings. The van der Waals surface area contributed by atoms with E-state index in [2.05, 4.69) is 44.0 Å². The molecule has 0 spiro atoms. The molecule has 2 aromatic carbocycles. The quantitative estimate of drug-likeness (QED) is 0.579. The summed E-state index contributed by atoms with van der Waals surface area (Å²) in [5, 5.41) is 8.20. The van der Waals surface area contributed by atoms with E-state index >= 15 is 0 Å². The minimum atomic E-state index is -0.586. The molecule has 1 atom stereocenters. The normalized spacial score (nSPS) is 18.5. The molecule has 1 aliphatic rings. The molecule has 6 heteroatoms. The van der Waals surface area contributed by atoms with Crippen LogP contribution in [0.15, 0.2) is 86.0 Å². The molecule has 0 aliphatic heterocycles. The third kappa shape index (κ3) is 3.87. The molecule has 0 amide bonds. The van der Waals surface area contributed by atoms with Crippen LogP contribution >= 0.6 is 31.9 Å². The van der Waals surface area contributed by atoms with Gasteiger partial charge in [0.2, 0.25) is 0 Å². The Labute approximate surface area is 169 Å². The van der Waals surface area contributed by atoms with Gasteiger partial charge in [0.15, 0.2) is 0 Å². The summed E-state index contributed by atoms with van der Waals surface area (Å²) in [6.45, 7) is 0. The van der Waals surface area contributed by atoms with Gasteiger partial charge < -0.3 is 16.9 Å². The Balaban J connectivity index is 2.11. The van der Waals surface area contributed by atoms with Crippen molar-refractivity contribution in [2.45, 2.75) is 12.5 Å². The summed E-state index contributed by atoms with van der Waals surface area (Å²) in [5.74, 6) is 0. The van der Waals surface area contributed by atoms with Crippen molar-refractivity contribution in [3.05, 3.63) is 92.1 Å². The van der Waals surface area contributed by atoms with Crippen LogP contribution in [0.25, 0.3) is 0 Å². The average molecular weight is 474 g/mol. The van der Waals surface area contributed by atoms with E-state index in [1.54, 1.807) is 0 Å². The second-order valence-electron chi connectivity index (χ2n) is 5.90. The predicted octanol–water partition coefficient (Wildman–Crippen LogP) is 4.25. The number of nitrogens with zero attached hydrogens (tertiary/aromatic N) is 1. The van der Waals surface area contributed by atoms with Crippen molar-refractivity contribution in [1.82, 2.24) is 0 Å². The summed E-state index contributed by atoms with van der Waals surface area (Å²) in [6, 6.07) is 19.5. The lowest BCUT2D eigenvalue weighted by Gasteiger charge is -2.23. The van der Waals surface area contributed by atoms with E-state index in [4.69, 9.17) is 21.9 Å². The molecule has 0 saturated carbocycles. The van der Waals surface area contributed by atoms with Gasteiger partial charge in [-0.3, -0.25) is 0 Å². The number of nitrogens with one attached hydrogen (secondary N) is 1. The molecule has 26 heavy (non-hydrogen) atoms. The van der Waals surface area contributed by atoms with Gasteiger partial charge in [-0.15, -0.1) is 0 Å². The zero-order valence-corrected chi connectivity index (χ0v) is 17.1. The number of hydrogen-bond acceptors (Lipinski definition) is 4. The van der Waals surface area contributed by atoms with E-state index in [1.165, 1.54) is 0 Å². The van der Waals surface area contributed by atoms with Gasteiger partial charge in [0.05, 0.1) is 27.6 Å². The van der Waals surface area contributed by atoms with Crippen LogP contribution in [0.2, 0.25) is 0 Å². The summed E-state index contributed by atoms with van der Waals surface area (Å²) in [6.07, 6.45) is 0.652. The molecule has 1 unspecified atom stereocenters. The van der Waals surface area contributed by atoms with Gasteiger partial charge in [-0.1, -0.05) is 76.6 Å². The molecule has 0 heterocycles. The maximum Gasteiger partial charge on any atom is 0.103 e. The van der Waals surface area contributed by atoms with Crippen LogP contribution in [-0.4, -0.2) is 17.5 Å². The van der Waals surface area contributed by atoms with Crippen molar-refractivity contribution in [2.75, 3.05) is 0 Å². The zero-order chi connectivity index (χ0) is 18.7. The highest BCUT2D eigenvalue weighted by Gasteiger charge is 2.28. The standard InChI is InChI=1S/C20H18Br2N4/c21-15-17(23)18(24)16(22)20(19(15)25)26-14(13-9-5-2-6-10-13)11-12-7-3-1-4-8-12/h1-10,17,24H,11,23,25H2. The number of halogens is 2. The highest BCUT2D eigenvalue weighted by atomic mass is 79.9. The van der Waals surface area contributed by atoms with Crippen LogP contribution < -0.4 is 11.5 Å². The van der Waals surface area contributed by atoms with Gasteiger partial charge in [0.25, 0.3) is 0 Å². The highest BCUT2D eigenvalue weighted by Crippen LogP contribution is 2.32. The Kier molecular flexibility index (Phi) is 5.86. The van der Waals surface area contributed by atoms with Crippen LogP contribution in [0.5, 0.6) is 0 Å². The van der Waals surface area contributed by atoms with Crippen LogP contribution in [0.1, 0.15) is 11.1 Å². The molecular formula is C20H18Br2N4. The Morgan fingerprint density at radius 2 is 1.58 bits per heavy atom. The Morgan fingerprint density at radius 1 is 1.00 bits per heavy atom. The zero-order valence-electron chi connectivity index (χ0n) is 13.9. The van der Waals surface area contributed by atoms with Gasteiger partial charge >= 0.3 is 0 Å². The van der Waals surface area contributed by atoms with Crippen molar-refractivity contribution in [3.63, 3.8) is 0 Å². The number of benzene rings is 2. The third-order valence-corrected chi connectivity index (χ3v) is 5.83. The lowest BCUT2D eigenvalue weighted by Crippen LogP contribution is -2.36. The van der Waals surface area contributed by atoms with Gasteiger partial charge in [-0.25, -0.2) is 4.99 Å². The summed E-state index contributed by atoms with van der Waals surface area (Å²) in [7, 11) is 0. The van der Waals surface area contributed by atoms with Gasteiger partial charge in [0.1, 0.15) is 5.70 Å². The maximum atomic E-state index is 8.20. The lowest BCUT2D eigenvalue weighted by molar-refractivity contribution is 1.00. The Bertz CT molecular complexity index is 915. The van der Waals surface area contributed by atoms with E-state index in [9.17, 15) is 0 Å². The van der Waals surface area contributed by atoms with Crippen LogP contribution in [-0.2, 0) is 6.42 Å². The van der Waals surface area contributed by atoms with Gasteiger partial charge in [-0.2, -0.15) is 0 Å². The van der Waals surface area contributed by atoms with Crippen LogP contribution in [0, 0.1) is 5.41 Å². The number of aliphatic imine (C=N–C) groups is 1. The molecule has 1 aliphatic carbocycles. The van der Waals surface area contributed by atoms with Crippen molar-refractivity contribution in [1.29, 1.82) is 5.41 Å². The fourth-order valence-corrected chi connectivity index (χ4v) is 3.63. The first-order valence-corrected chi connectivity index (χ1v) is 9.64. The molecule has 0 bridgehead atoms. The van der Waals surface area contributed by atoms with Crippen molar-refractivity contribution in [2.24, 2.45) is 16.5 Å². The first-order chi connectivity index (χ1) is 12.5. The van der Waals surface area contributed by atoms with E-state index in [1.807, 2.05) is 48.5 Å². The summed E-state index contributed by atoms with van der Waals surface area (Å²) >= 11 is 6.85. The highest BCUT2D eigenvalue weighted by molar-refractivity contribution is 9.12. The smallest absolute Gasteiger partial charge is 0.103 e. The Hall–Kier alpha value is -2.02. The molecule has 4 nitrogen and oxygen atoms in total. The van der Waals surface area contributed by atoms with Crippen molar-refractivity contribution in [3.8, 4) is 0 Å². The molecule has 5 N–H and O–H groups in total. The fourth-order valence-electron chi connectivity index (χ4n) is 2.66. The minimum Gasteiger partial charge on any atom is -0.396 e. The molecule has 3 rings (SSSR count). The van der Waals surface area contributed by atoms with E-state index < -0.39 is 6.04 Å². The van der Waals surface area contributed by atoms with E-state index in [0.717, 1.165) is 16.8 Å². The first-order valence-electron chi connectivity index (χ1n) is 8.05. The van der Waals surface area contributed by atoms with E-state index in [-0.39, 0.29) is 5.71 Å². The molecule has 0 radical (unpaired) electrons. The van der Waals surface area contributed by atoms with Gasteiger partial charge in [0, 0.05) is 10.9 Å². The first kappa shape index (κ1) is 18.8. The van der Waals surface area contributed by atoms with E-state index in [0.29, 0.717) is 26.8 Å². The number of rotatable bonds is 4. The Morgan fingerprint density at radius 3 is 2.19 bits per heavy atom. The molecule has 2 aromatic rings. The van der Waals surface area contributed by atoms with Crippen molar-refractivity contribution >= 4 is 43.3 Å². The topological polar surface area (TPSA) is 88.2 Å². The fraction of sp³-hybridized carbons (Fsp3) is 0.100. The molecule has 0 aromatic heterocycles. The molecule has 132 valence electrons. The summed E-state index contributed by atoms with van der Waals surface area (Å²) < 4.78 is 1.10. The summed E-state index contributed by atoms with van der Waals surface area (Å²) in [4.78, 5) is 4.84. The number of hydrogen-bond donors (Lipinski definition) is 3. The summed E-state index contributed by atoms with van der Waals surface area (Å²) in [5.41, 5.74) is 16.5. The number of nitrogens with two attached hydrogens (primary N) is 2. The largest absolute Gasteiger partial charge is 0.396 e. The molecular weight excluding hydrogens is 456 g/mol. The minimum absolute atomic E-state index is 0.247. The predicted molar refractivity (Wildman–Crippen MR) is 115 cm³/mol. The monoisotopic (exact) mass is 472 g/mol. The average Bonchev–Trinajstić information content (AvgIpc) is 2.68. The third-order valence-electron chi connectivity index (χ3n) is 4.11. The van der Waals surface area contributed by atoms with Crippen LogP contribution in [0.3, 0.4) is 0 Å². The van der Waals surface area contributed by atoms with Crippen molar-refractivity contribution < 1.29 is 0 Å². The maximum absolute atomic E-state index is 8.20. The SMILES string of the molecule is N=C1C(Br)=C(N=C(Cc2ccccc2)c2ccccc2)C(N)=C(Br)C1N. The lowest BCUT2D eigenvalue weighted by atomic mass is 10.00. The second kappa shape index (κ2) is 8.12. The van der Waals surface area contributed by atoms with Gasteiger partial charge in [-0.05, 0) is 27.1 Å².